The standard InChI is InChI=1S/C16H14FNO3/c1-21-16(20)13-7-5-12(6-8-13)15(19)18-10-11-3-2-4-14(17)9-11/h2-9H,10H2,1H3,(H,18,19). The highest BCUT2D eigenvalue weighted by molar-refractivity contribution is 5.96. The van der Waals surface area contributed by atoms with Crippen LogP contribution < -0.4 is 5.32 Å². The van der Waals surface area contributed by atoms with Crippen molar-refractivity contribution in [3.05, 3.63) is 71.0 Å². The quantitative estimate of drug-likeness (QED) is 0.879. The van der Waals surface area contributed by atoms with E-state index in [2.05, 4.69) is 10.1 Å². The number of amides is 1. The topological polar surface area (TPSA) is 55.4 Å². The molecule has 1 amide bonds. The number of carbonyl (C=O) groups excluding carboxylic acids is 2. The van der Waals surface area contributed by atoms with Gasteiger partial charge in [-0.3, -0.25) is 4.79 Å². The van der Waals surface area contributed by atoms with Crippen LogP contribution >= 0.6 is 0 Å². The van der Waals surface area contributed by atoms with Gasteiger partial charge < -0.3 is 10.1 Å². The van der Waals surface area contributed by atoms with E-state index in [0.717, 1.165) is 0 Å². The fraction of sp³-hybridized carbons (Fsp3) is 0.125. The Labute approximate surface area is 121 Å². The molecule has 0 atom stereocenters. The van der Waals surface area contributed by atoms with Gasteiger partial charge in [-0.25, -0.2) is 9.18 Å². The minimum absolute atomic E-state index is 0.231. The molecule has 21 heavy (non-hydrogen) atoms. The summed E-state index contributed by atoms with van der Waals surface area (Å²) < 4.78 is 17.6. The molecule has 108 valence electrons. The van der Waals surface area contributed by atoms with E-state index in [0.29, 0.717) is 16.7 Å². The van der Waals surface area contributed by atoms with Crippen molar-refractivity contribution >= 4 is 11.9 Å². The Bertz CT molecular complexity index is 653. The van der Waals surface area contributed by atoms with Crippen LogP contribution in [0.1, 0.15) is 26.3 Å². The van der Waals surface area contributed by atoms with Gasteiger partial charge in [0, 0.05) is 12.1 Å². The van der Waals surface area contributed by atoms with Crippen molar-refractivity contribution < 1.29 is 18.7 Å². The molecule has 2 aromatic rings. The fourth-order valence-electron chi connectivity index (χ4n) is 1.81. The fourth-order valence-corrected chi connectivity index (χ4v) is 1.81. The second kappa shape index (κ2) is 6.65. The Morgan fingerprint density at radius 2 is 1.76 bits per heavy atom. The molecule has 1 N–H and O–H groups in total. The number of rotatable bonds is 4. The molecule has 0 bridgehead atoms. The van der Waals surface area contributed by atoms with Gasteiger partial charge in [-0.2, -0.15) is 0 Å². The molecular formula is C16H14FNO3. The highest BCUT2D eigenvalue weighted by Gasteiger charge is 2.08. The summed E-state index contributed by atoms with van der Waals surface area (Å²) in [6, 6.07) is 12.1. The first kappa shape index (κ1) is 14.7. The van der Waals surface area contributed by atoms with Crippen LogP contribution in [0.5, 0.6) is 0 Å². The van der Waals surface area contributed by atoms with Crippen LogP contribution in [0.3, 0.4) is 0 Å². The van der Waals surface area contributed by atoms with Gasteiger partial charge >= 0.3 is 5.97 Å². The zero-order valence-corrected chi connectivity index (χ0v) is 11.4. The summed E-state index contributed by atoms with van der Waals surface area (Å²) in [7, 11) is 1.29. The van der Waals surface area contributed by atoms with Gasteiger partial charge in [0.1, 0.15) is 5.82 Å². The lowest BCUT2D eigenvalue weighted by Gasteiger charge is -2.06. The van der Waals surface area contributed by atoms with Crippen LogP contribution in [0.25, 0.3) is 0 Å². The molecule has 0 aliphatic rings. The Kier molecular flexibility index (Phi) is 4.66. The van der Waals surface area contributed by atoms with Crippen molar-refractivity contribution in [1.29, 1.82) is 0 Å². The van der Waals surface area contributed by atoms with Crippen LogP contribution in [0.2, 0.25) is 0 Å². The molecule has 0 aromatic heterocycles. The van der Waals surface area contributed by atoms with Crippen molar-refractivity contribution in [2.45, 2.75) is 6.54 Å². The highest BCUT2D eigenvalue weighted by Crippen LogP contribution is 2.07. The third-order valence-electron chi connectivity index (χ3n) is 2.91. The minimum Gasteiger partial charge on any atom is -0.465 e. The lowest BCUT2D eigenvalue weighted by atomic mass is 10.1. The molecule has 2 rings (SSSR count). The predicted molar refractivity (Wildman–Crippen MR) is 75.4 cm³/mol. The number of hydrogen-bond donors (Lipinski definition) is 1. The zero-order valence-electron chi connectivity index (χ0n) is 11.4. The molecule has 0 fully saturated rings. The van der Waals surface area contributed by atoms with E-state index in [1.54, 1.807) is 12.1 Å². The molecule has 0 radical (unpaired) electrons. The first-order valence-electron chi connectivity index (χ1n) is 6.31. The van der Waals surface area contributed by atoms with Crippen LogP contribution in [-0.2, 0) is 11.3 Å². The molecule has 0 unspecified atom stereocenters. The van der Waals surface area contributed by atoms with Crippen LogP contribution in [-0.4, -0.2) is 19.0 Å². The molecule has 0 saturated heterocycles. The lowest BCUT2D eigenvalue weighted by Crippen LogP contribution is -2.22. The molecule has 0 aliphatic carbocycles. The number of benzene rings is 2. The average molecular weight is 287 g/mol. The third kappa shape index (κ3) is 3.89. The monoisotopic (exact) mass is 287 g/mol. The summed E-state index contributed by atoms with van der Waals surface area (Å²) in [4.78, 5) is 23.2. The molecule has 0 heterocycles. The van der Waals surface area contributed by atoms with Crippen molar-refractivity contribution in [3.63, 3.8) is 0 Å². The summed E-state index contributed by atoms with van der Waals surface area (Å²) in [5, 5.41) is 2.68. The maximum atomic E-state index is 13.0. The van der Waals surface area contributed by atoms with E-state index in [9.17, 15) is 14.0 Å². The Morgan fingerprint density at radius 1 is 1.10 bits per heavy atom. The number of methoxy groups -OCH3 is 1. The van der Waals surface area contributed by atoms with Crippen molar-refractivity contribution in [2.75, 3.05) is 7.11 Å². The van der Waals surface area contributed by atoms with Gasteiger partial charge in [0.2, 0.25) is 0 Å². The predicted octanol–water partition coefficient (Wildman–Crippen LogP) is 2.54. The molecule has 0 spiro atoms. The first-order chi connectivity index (χ1) is 10.1. The number of halogens is 1. The first-order valence-corrected chi connectivity index (χ1v) is 6.31. The molecule has 5 heteroatoms. The number of ether oxygens (including phenoxy) is 1. The van der Waals surface area contributed by atoms with Gasteiger partial charge in [0.25, 0.3) is 5.91 Å². The normalized spacial score (nSPS) is 10.0. The number of esters is 1. The summed E-state index contributed by atoms with van der Waals surface area (Å²) in [5.74, 6) is -1.10. The van der Waals surface area contributed by atoms with Crippen molar-refractivity contribution in [3.8, 4) is 0 Å². The van der Waals surface area contributed by atoms with E-state index in [1.807, 2.05) is 0 Å². The highest BCUT2D eigenvalue weighted by atomic mass is 19.1. The summed E-state index contributed by atoms with van der Waals surface area (Å²) in [6.45, 7) is 0.231. The molecule has 0 aliphatic heterocycles. The molecular weight excluding hydrogens is 273 g/mol. The zero-order chi connectivity index (χ0) is 15.2. The minimum atomic E-state index is -0.457. The third-order valence-corrected chi connectivity index (χ3v) is 2.91. The smallest absolute Gasteiger partial charge is 0.337 e. The number of carbonyl (C=O) groups is 2. The van der Waals surface area contributed by atoms with Crippen molar-refractivity contribution in [1.82, 2.24) is 5.32 Å². The molecule has 4 nitrogen and oxygen atoms in total. The Morgan fingerprint density at radius 3 is 2.38 bits per heavy atom. The van der Waals surface area contributed by atoms with Crippen LogP contribution in [0.4, 0.5) is 4.39 Å². The Hall–Kier alpha value is -2.69. The van der Waals surface area contributed by atoms with E-state index >= 15 is 0 Å². The van der Waals surface area contributed by atoms with Gasteiger partial charge in [0.05, 0.1) is 12.7 Å². The Balaban J connectivity index is 1.99. The maximum Gasteiger partial charge on any atom is 0.337 e. The van der Waals surface area contributed by atoms with Crippen LogP contribution in [0.15, 0.2) is 48.5 Å². The van der Waals surface area contributed by atoms with Gasteiger partial charge in [-0.15, -0.1) is 0 Å². The summed E-state index contributed by atoms with van der Waals surface area (Å²) in [5.41, 5.74) is 1.47. The molecule has 0 saturated carbocycles. The summed E-state index contributed by atoms with van der Waals surface area (Å²) in [6.07, 6.45) is 0. The number of nitrogens with one attached hydrogen (secondary N) is 1. The van der Waals surface area contributed by atoms with Crippen molar-refractivity contribution in [2.24, 2.45) is 0 Å². The summed E-state index contributed by atoms with van der Waals surface area (Å²) >= 11 is 0. The van der Waals surface area contributed by atoms with E-state index in [4.69, 9.17) is 0 Å². The maximum absolute atomic E-state index is 13.0. The van der Waals surface area contributed by atoms with E-state index in [-0.39, 0.29) is 18.3 Å². The number of hydrogen-bond acceptors (Lipinski definition) is 3. The van der Waals surface area contributed by atoms with Gasteiger partial charge in [-0.05, 0) is 42.0 Å². The van der Waals surface area contributed by atoms with E-state index in [1.165, 1.54) is 43.5 Å². The average Bonchev–Trinajstić information content (AvgIpc) is 2.52. The van der Waals surface area contributed by atoms with E-state index < -0.39 is 5.97 Å². The largest absolute Gasteiger partial charge is 0.465 e. The second-order valence-electron chi connectivity index (χ2n) is 4.38. The lowest BCUT2D eigenvalue weighted by molar-refractivity contribution is 0.0600. The molecule has 2 aromatic carbocycles. The van der Waals surface area contributed by atoms with Gasteiger partial charge in [0.15, 0.2) is 0 Å². The van der Waals surface area contributed by atoms with Gasteiger partial charge in [-0.1, -0.05) is 12.1 Å². The van der Waals surface area contributed by atoms with Crippen LogP contribution in [0, 0.1) is 5.82 Å². The SMILES string of the molecule is COC(=O)c1ccc(C(=O)NCc2cccc(F)c2)cc1. The second-order valence-corrected chi connectivity index (χ2v) is 4.38.